The minimum Gasteiger partial charge on any atom is -0.478 e. The van der Waals surface area contributed by atoms with Gasteiger partial charge in [-0.15, -0.1) is 11.3 Å². The molecule has 2 aromatic heterocycles. The number of benzene rings is 2. The lowest BCUT2D eigenvalue weighted by atomic mass is 10.0. The molecule has 0 bridgehead atoms. The summed E-state index contributed by atoms with van der Waals surface area (Å²) in [5, 5.41) is 12.0. The largest absolute Gasteiger partial charge is 0.478 e. The Bertz CT molecular complexity index is 1320. The van der Waals surface area contributed by atoms with E-state index in [1.807, 2.05) is 11.4 Å². The Balaban J connectivity index is 2.02. The zero-order valence-corrected chi connectivity index (χ0v) is 16.6. The Hall–Kier alpha value is -3.17. The molecule has 148 valence electrons. The molecule has 0 atom stereocenters. The summed E-state index contributed by atoms with van der Waals surface area (Å²) in [6.45, 7) is 0. The second-order valence-electron chi connectivity index (χ2n) is 6.36. The normalized spacial score (nSPS) is 11.7. The Morgan fingerprint density at radius 2 is 1.90 bits per heavy atom. The number of aromatic carboxylic acids is 1. The maximum atomic E-state index is 13.3. The molecule has 0 saturated heterocycles. The van der Waals surface area contributed by atoms with Gasteiger partial charge < -0.3 is 9.52 Å². The van der Waals surface area contributed by atoms with Crippen molar-refractivity contribution < 1.29 is 27.1 Å². The van der Waals surface area contributed by atoms with E-state index in [0.29, 0.717) is 16.5 Å². The zero-order valence-electron chi connectivity index (χ0n) is 15.0. The molecule has 0 aliphatic heterocycles. The van der Waals surface area contributed by atoms with Crippen molar-refractivity contribution in [1.82, 2.24) is 0 Å². The summed E-state index contributed by atoms with van der Waals surface area (Å²) in [5.41, 5.74) is 1.34. The standard InChI is InChI=1S/C20H14FNO5S2/c1-29(25,26)22-15-10-16-14(9-13(15)17-3-2-8-28-17)18(20(23)24)19(27-16)11-4-6-12(21)7-5-11/h2-10,22H,1H3,(H,23,24). The number of rotatable bonds is 5. The van der Waals surface area contributed by atoms with Crippen molar-refractivity contribution in [1.29, 1.82) is 0 Å². The van der Waals surface area contributed by atoms with Gasteiger partial charge in [0.15, 0.2) is 0 Å². The molecule has 29 heavy (non-hydrogen) atoms. The van der Waals surface area contributed by atoms with Gasteiger partial charge in [-0.3, -0.25) is 4.72 Å². The van der Waals surface area contributed by atoms with Crippen molar-refractivity contribution in [2.45, 2.75) is 0 Å². The molecule has 0 aliphatic carbocycles. The highest BCUT2D eigenvalue weighted by atomic mass is 32.2. The summed E-state index contributed by atoms with van der Waals surface area (Å²) in [5.74, 6) is -1.59. The maximum absolute atomic E-state index is 13.3. The Kier molecular flexibility index (Phi) is 4.64. The number of furan rings is 1. The first-order valence-electron chi connectivity index (χ1n) is 8.34. The third-order valence-electron chi connectivity index (χ3n) is 4.23. The van der Waals surface area contributed by atoms with E-state index in [-0.39, 0.29) is 22.6 Å². The second-order valence-corrected chi connectivity index (χ2v) is 9.06. The number of hydrogen-bond donors (Lipinski definition) is 2. The highest BCUT2D eigenvalue weighted by molar-refractivity contribution is 7.92. The van der Waals surface area contributed by atoms with E-state index in [2.05, 4.69) is 4.72 Å². The SMILES string of the molecule is CS(=O)(=O)Nc1cc2oc(-c3ccc(F)cc3)c(C(=O)O)c2cc1-c1cccs1. The zero-order chi connectivity index (χ0) is 20.8. The molecule has 9 heteroatoms. The number of sulfonamides is 1. The molecule has 4 aromatic rings. The van der Waals surface area contributed by atoms with E-state index in [1.54, 1.807) is 12.1 Å². The molecular formula is C20H14FNO5S2. The fourth-order valence-corrected chi connectivity index (χ4v) is 4.40. The van der Waals surface area contributed by atoms with Crippen LogP contribution in [0.4, 0.5) is 10.1 Å². The van der Waals surface area contributed by atoms with Crippen LogP contribution in [0.15, 0.2) is 58.3 Å². The summed E-state index contributed by atoms with van der Waals surface area (Å²) in [6.07, 6.45) is 1.03. The van der Waals surface area contributed by atoms with Gasteiger partial charge in [0.1, 0.15) is 22.7 Å². The highest BCUT2D eigenvalue weighted by Gasteiger charge is 2.24. The quantitative estimate of drug-likeness (QED) is 0.462. The monoisotopic (exact) mass is 431 g/mol. The van der Waals surface area contributed by atoms with Gasteiger partial charge in [-0.25, -0.2) is 17.6 Å². The lowest BCUT2D eigenvalue weighted by Crippen LogP contribution is -2.10. The van der Waals surface area contributed by atoms with E-state index in [1.165, 1.54) is 41.7 Å². The smallest absolute Gasteiger partial charge is 0.340 e. The first kappa shape index (κ1) is 19.2. The first-order chi connectivity index (χ1) is 13.7. The topological polar surface area (TPSA) is 96.6 Å². The number of hydrogen-bond acceptors (Lipinski definition) is 5. The fourth-order valence-electron chi connectivity index (χ4n) is 3.08. The molecule has 2 N–H and O–H groups in total. The number of carbonyl (C=O) groups is 1. The van der Waals surface area contributed by atoms with Crippen molar-refractivity contribution >= 4 is 44.0 Å². The molecule has 0 radical (unpaired) electrons. The molecule has 0 saturated carbocycles. The summed E-state index contributed by atoms with van der Waals surface area (Å²) in [6, 6.07) is 11.9. The van der Waals surface area contributed by atoms with Crippen LogP contribution in [0.1, 0.15) is 10.4 Å². The Labute approximate surface area is 169 Å². The molecular weight excluding hydrogens is 417 g/mol. The van der Waals surface area contributed by atoms with Gasteiger partial charge in [-0.05, 0) is 41.8 Å². The Morgan fingerprint density at radius 3 is 2.48 bits per heavy atom. The molecule has 2 aromatic carbocycles. The van der Waals surface area contributed by atoms with Crippen molar-refractivity contribution in [2.75, 3.05) is 11.0 Å². The van der Waals surface area contributed by atoms with E-state index in [9.17, 15) is 22.7 Å². The Morgan fingerprint density at radius 1 is 1.17 bits per heavy atom. The van der Waals surface area contributed by atoms with Crippen molar-refractivity contribution in [3.8, 4) is 21.8 Å². The van der Waals surface area contributed by atoms with Gasteiger partial charge in [-0.1, -0.05) is 6.07 Å². The molecule has 0 unspecified atom stereocenters. The van der Waals surface area contributed by atoms with E-state index in [4.69, 9.17) is 4.42 Å². The number of anilines is 1. The predicted molar refractivity (Wildman–Crippen MR) is 110 cm³/mol. The third-order valence-corrected chi connectivity index (χ3v) is 5.72. The number of carboxylic acid groups (broad SMARTS) is 1. The third kappa shape index (κ3) is 3.74. The van der Waals surface area contributed by atoms with Crippen LogP contribution in [-0.2, 0) is 10.0 Å². The number of fused-ring (bicyclic) bond motifs is 1. The average molecular weight is 431 g/mol. The lowest BCUT2D eigenvalue weighted by molar-refractivity contribution is 0.0699. The van der Waals surface area contributed by atoms with Crippen LogP contribution in [0.3, 0.4) is 0 Å². The maximum Gasteiger partial charge on any atom is 0.340 e. The van der Waals surface area contributed by atoms with Crippen LogP contribution in [0.25, 0.3) is 32.7 Å². The molecule has 0 fully saturated rings. The van der Waals surface area contributed by atoms with E-state index in [0.717, 1.165) is 11.1 Å². The average Bonchev–Trinajstić information content (AvgIpc) is 3.27. The molecule has 4 rings (SSSR count). The van der Waals surface area contributed by atoms with Gasteiger partial charge in [0.25, 0.3) is 0 Å². The van der Waals surface area contributed by atoms with Crippen molar-refractivity contribution in [3.05, 3.63) is 65.3 Å². The van der Waals surface area contributed by atoms with Gasteiger partial charge in [0.2, 0.25) is 10.0 Å². The van der Waals surface area contributed by atoms with E-state index >= 15 is 0 Å². The van der Waals surface area contributed by atoms with Crippen LogP contribution in [-0.4, -0.2) is 25.7 Å². The van der Waals surface area contributed by atoms with Crippen LogP contribution in [0.2, 0.25) is 0 Å². The molecule has 6 nitrogen and oxygen atoms in total. The first-order valence-corrected chi connectivity index (χ1v) is 11.1. The number of carboxylic acids is 1. The summed E-state index contributed by atoms with van der Waals surface area (Å²) >= 11 is 1.39. The molecule has 0 aliphatic rings. The number of thiophene rings is 1. The lowest BCUT2D eigenvalue weighted by Gasteiger charge is -2.10. The second kappa shape index (κ2) is 7.02. The van der Waals surface area contributed by atoms with Crippen LogP contribution in [0, 0.1) is 5.82 Å². The fraction of sp³-hybridized carbons (Fsp3) is 0.0500. The highest BCUT2D eigenvalue weighted by Crippen LogP contribution is 2.41. The van der Waals surface area contributed by atoms with Crippen LogP contribution < -0.4 is 4.72 Å². The van der Waals surface area contributed by atoms with Crippen molar-refractivity contribution in [2.24, 2.45) is 0 Å². The predicted octanol–water partition coefficient (Wildman–Crippen LogP) is 5.04. The minimum absolute atomic E-state index is 0.0705. The molecule has 0 spiro atoms. The summed E-state index contributed by atoms with van der Waals surface area (Å²) < 4.78 is 45.2. The van der Waals surface area contributed by atoms with Gasteiger partial charge in [0, 0.05) is 27.5 Å². The van der Waals surface area contributed by atoms with Gasteiger partial charge in [0.05, 0.1) is 11.9 Å². The number of halogens is 1. The van der Waals surface area contributed by atoms with E-state index < -0.39 is 21.8 Å². The van der Waals surface area contributed by atoms with Crippen molar-refractivity contribution in [3.63, 3.8) is 0 Å². The summed E-state index contributed by atoms with van der Waals surface area (Å²) in [7, 11) is -3.58. The summed E-state index contributed by atoms with van der Waals surface area (Å²) in [4.78, 5) is 12.8. The number of nitrogens with one attached hydrogen (secondary N) is 1. The molecule has 2 heterocycles. The molecule has 0 amide bonds. The van der Waals surface area contributed by atoms with Crippen LogP contribution >= 0.6 is 11.3 Å². The van der Waals surface area contributed by atoms with Gasteiger partial charge in [-0.2, -0.15) is 0 Å². The van der Waals surface area contributed by atoms with Gasteiger partial charge >= 0.3 is 5.97 Å². The van der Waals surface area contributed by atoms with Crippen LogP contribution in [0.5, 0.6) is 0 Å². The minimum atomic E-state index is -3.58.